The van der Waals surface area contributed by atoms with E-state index in [1.165, 1.54) is 0 Å². The minimum Gasteiger partial charge on any atom is -0.486 e. The van der Waals surface area contributed by atoms with Gasteiger partial charge in [-0.15, -0.1) is 0 Å². The van der Waals surface area contributed by atoms with Crippen LogP contribution in [0.1, 0.15) is 13.8 Å². The minimum atomic E-state index is -0.216. The van der Waals surface area contributed by atoms with Crippen molar-refractivity contribution in [3.8, 4) is 11.5 Å². The Balaban J connectivity index is 1.91. The van der Waals surface area contributed by atoms with Crippen molar-refractivity contribution in [1.82, 2.24) is 10.2 Å². The van der Waals surface area contributed by atoms with Crippen LogP contribution in [0.4, 0.5) is 5.69 Å². The fourth-order valence-corrected chi connectivity index (χ4v) is 2.68. The summed E-state index contributed by atoms with van der Waals surface area (Å²) >= 11 is 3.41. The van der Waals surface area contributed by atoms with E-state index in [0.717, 1.165) is 0 Å². The zero-order chi connectivity index (χ0) is 17.7. The van der Waals surface area contributed by atoms with Crippen LogP contribution in [-0.2, 0) is 9.59 Å². The molecular formula is C16H22BrN3O4. The van der Waals surface area contributed by atoms with Crippen molar-refractivity contribution in [3.63, 3.8) is 0 Å². The Morgan fingerprint density at radius 3 is 2.38 bits per heavy atom. The maximum Gasteiger partial charge on any atom is 0.238 e. The molecule has 7 nitrogen and oxygen atoms in total. The van der Waals surface area contributed by atoms with E-state index in [1.807, 2.05) is 13.8 Å². The summed E-state index contributed by atoms with van der Waals surface area (Å²) in [7, 11) is 1.72. The van der Waals surface area contributed by atoms with Gasteiger partial charge in [0.1, 0.15) is 13.2 Å². The first-order chi connectivity index (χ1) is 11.3. The van der Waals surface area contributed by atoms with Gasteiger partial charge in [-0.05, 0) is 36.8 Å². The summed E-state index contributed by atoms with van der Waals surface area (Å²) in [6.07, 6.45) is 0. The number of carbonyl (C=O) groups excluding carboxylic acids is 2. The van der Waals surface area contributed by atoms with Gasteiger partial charge in [-0.25, -0.2) is 0 Å². The molecule has 0 fully saturated rings. The summed E-state index contributed by atoms with van der Waals surface area (Å²) in [4.78, 5) is 25.5. The molecule has 0 saturated carbocycles. The molecule has 0 spiro atoms. The van der Waals surface area contributed by atoms with E-state index in [9.17, 15) is 9.59 Å². The molecule has 8 heteroatoms. The van der Waals surface area contributed by atoms with E-state index in [4.69, 9.17) is 9.47 Å². The lowest BCUT2D eigenvalue weighted by Crippen LogP contribution is -2.41. The molecule has 0 aromatic heterocycles. The minimum absolute atomic E-state index is 0.0772. The van der Waals surface area contributed by atoms with Gasteiger partial charge < -0.3 is 20.1 Å². The number of ether oxygens (including phenoxy) is 2. The molecule has 2 rings (SSSR count). The zero-order valence-electron chi connectivity index (χ0n) is 14.0. The van der Waals surface area contributed by atoms with Gasteiger partial charge >= 0.3 is 0 Å². The van der Waals surface area contributed by atoms with Gasteiger partial charge in [0.2, 0.25) is 11.8 Å². The maximum absolute atomic E-state index is 12.2. The molecule has 1 aromatic rings. The SMILES string of the molecule is CC(C)NC(=O)CN(C)CC(=O)Nc1cc2c(cc1Br)OCCO2. The van der Waals surface area contributed by atoms with Gasteiger partial charge in [0, 0.05) is 22.6 Å². The third-order valence-electron chi connectivity index (χ3n) is 3.18. The molecule has 1 aliphatic heterocycles. The lowest BCUT2D eigenvalue weighted by atomic mass is 10.2. The number of rotatable bonds is 6. The number of hydrogen-bond acceptors (Lipinski definition) is 5. The first-order valence-corrected chi connectivity index (χ1v) is 8.51. The number of anilines is 1. The largest absolute Gasteiger partial charge is 0.486 e. The number of likely N-dealkylation sites (N-methyl/N-ethyl adjacent to an activating group) is 1. The highest BCUT2D eigenvalue weighted by molar-refractivity contribution is 9.10. The van der Waals surface area contributed by atoms with Gasteiger partial charge in [-0.3, -0.25) is 14.5 Å². The second-order valence-electron chi connectivity index (χ2n) is 5.92. The highest BCUT2D eigenvalue weighted by atomic mass is 79.9. The van der Waals surface area contributed by atoms with E-state index in [2.05, 4.69) is 26.6 Å². The summed E-state index contributed by atoms with van der Waals surface area (Å²) in [6, 6.07) is 3.57. The number of fused-ring (bicyclic) bond motifs is 1. The monoisotopic (exact) mass is 399 g/mol. The average molecular weight is 400 g/mol. The predicted octanol–water partition coefficient (Wildman–Crippen LogP) is 1.62. The van der Waals surface area contributed by atoms with Crippen LogP contribution >= 0.6 is 15.9 Å². The van der Waals surface area contributed by atoms with Crippen molar-refractivity contribution in [2.45, 2.75) is 19.9 Å². The third-order valence-corrected chi connectivity index (χ3v) is 3.84. The van der Waals surface area contributed by atoms with Crippen LogP contribution in [0.3, 0.4) is 0 Å². The van der Waals surface area contributed by atoms with Crippen molar-refractivity contribution < 1.29 is 19.1 Å². The Hall–Kier alpha value is -1.80. The van der Waals surface area contributed by atoms with Crippen LogP contribution in [0.2, 0.25) is 0 Å². The van der Waals surface area contributed by atoms with E-state index >= 15 is 0 Å². The molecule has 0 atom stereocenters. The van der Waals surface area contributed by atoms with Gasteiger partial charge in [-0.2, -0.15) is 0 Å². The molecule has 0 radical (unpaired) electrons. The first kappa shape index (κ1) is 18.5. The maximum atomic E-state index is 12.2. The van der Waals surface area contributed by atoms with Crippen LogP contribution in [0.25, 0.3) is 0 Å². The fourth-order valence-electron chi connectivity index (χ4n) is 2.26. The summed E-state index contributed by atoms with van der Waals surface area (Å²) in [5.74, 6) is 0.922. The number of carbonyl (C=O) groups is 2. The standard InChI is InChI=1S/C16H22BrN3O4/c1-10(2)18-15(21)8-20(3)9-16(22)19-12-7-14-13(6-11(12)17)23-4-5-24-14/h6-7,10H,4-5,8-9H2,1-3H3,(H,18,21)(H,19,22). The molecule has 24 heavy (non-hydrogen) atoms. The van der Waals surface area contributed by atoms with Crippen molar-refractivity contribution in [1.29, 1.82) is 0 Å². The second kappa shape index (κ2) is 8.34. The molecule has 0 bridgehead atoms. The normalized spacial score (nSPS) is 13.1. The van der Waals surface area contributed by atoms with Crippen LogP contribution in [0.15, 0.2) is 16.6 Å². The molecule has 1 aliphatic rings. The average Bonchev–Trinajstić information content (AvgIpc) is 2.46. The summed E-state index contributed by atoms with van der Waals surface area (Å²) < 4.78 is 11.7. The number of benzene rings is 1. The van der Waals surface area contributed by atoms with Crippen molar-refractivity contribution in [2.75, 3.05) is 38.7 Å². The highest BCUT2D eigenvalue weighted by Crippen LogP contribution is 2.38. The fraction of sp³-hybridized carbons (Fsp3) is 0.500. The third kappa shape index (κ3) is 5.38. The predicted molar refractivity (Wildman–Crippen MR) is 94.5 cm³/mol. The zero-order valence-corrected chi connectivity index (χ0v) is 15.6. The van der Waals surface area contributed by atoms with E-state index in [1.54, 1.807) is 24.1 Å². The smallest absolute Gasteiger partial charge is 0.238 e. The van der Waals surface area contributed by atoms with E-state index < -0.39 is 0 Å². The van der Waals surface area contributed by atoms with Gasteiger partial charge in [0.25, 0.3) is 0 Å². The quantitative estimate of drug-likeness (QED) is 0.759. The number of nitrogens with zero attached hydrogens (tertiary/aromatic N) is 1. The van der Waals surface area contributed by atoms with Crippen LogP contribution in [0, 0.1) is 0 Å². The molecule has 0 unspecified atom stereocenters. The highest BCUT2D eigenvalue weighted by Gasteiger charge is 2.17. The Labute approximate surface area is 149 Å². The Bertz CT molecular complexity index is 622. The van der Waals surface area contributed by atoms with Crippen molar-refractivity contribution in [2.24, 2.45) is 0 Å². The Morgan fingerprint density at radius 2 is 1.75 bits per heavy atom. The number of halogens is 1. The van der Waals surface area contributed by atoms with Gasteiger partial charge in [0.15, 0.2) is 11.5 Å². The summed E-state index contributed by atoms with van der Waals surface area (Å²) in [6.45, 7) is 5.04. The van der Waals surface area contributed by atoms with Crippen molar-refractivity contribution >= 4 is 33.4 Å². The topological polar surface area (TPSA) is 79.9 Å². The molecular weight excluding hydrogens is 378 g/mol. The number of amides is 2. The number of hydrogen-bond donors (Lipinski definition) is 2. The summed E-state index contributed by atoms with van der Waals surface area (Å²) in [5.41, 5.74) is 0.601. The molecule has 1 heterocycles. The molecule has 0 saturated heterocycles. The van der Waals surface area contributed by atoms with E-state index in [0.29, 0.717) is 34.9 Å². The number of nitrogens with one attached hydrogen (secondary N) is 2. The van der Waals surface area contributed by atoms with Gasteiger partial charge in [0.05, 0.1) is 18.8 Å². The molecule has 0 aliphatic carbocycles. The molecule has 2 N–H and O–H groups in total. The first-order valence-electron chi connectivity index (χ1n) is 7.72. The van der Waals surface area contributed by atoms with Crippen molar-refractivity contribution in [3.05, 3.63) is 16.6 Å². The van der Waals surface area contributed by atoms with Crippen LogP contribution in [0.5, 0.6) is 11.5 Å². The molecule has 1 aromatic carbocycles. The lowest BCUT2D eigenvalue weighted by molar-refractivity contribution is -0.123. The van der Waals surface area contributed by atoms with Crippen LogP contribution in [-0.4, -0.2) is 56.1 Å². The summed E-state index contributed by atoms with van der Waals surface area (Å²) in [5, 5.41) is 5.60. The van der Waals surface area contributed by atoms with E-state index in [-0.39, 0.29) is 30.9 Å². The lowest BCUT2D eigenvalue weighted by Gasteiger charge is -2.21. The molecule has 132 valence electrons. The van der Waals surface area contributed by atoms with Crippen LogP contribution < -0.4 is 20.1 Å². The Kier molecular flexibility index (Phi) is 6.44. The Morgan fingerprint density at radius 1 is 1.17 bits per heavy atom. The van der Waals surface area contributed by atoms with Gasteiger partial charge in [-0.1, -0.05) is 0 Å². The second-order valence-corrected chi connectivity index (χ2v) is 6.77. The molecule has 2 amide bonds.